The lowest BCUT2D eigenvalue weighted by atomic mass is 10.2. The smallest absolute Gasteiger partial charge is 0.0963 e. The maximum absolute atomic E-state index is 6.08. The average Bonchev–Trinajstić information content (AvgIpc) is 2.29. The highest BCUT2D eigenvalue weighted by atomic mass is 35.5. The summed E-state index contributed by atoms with van der Waals surface area (Å²) < 4.78 is 0. The van der Waals surface area contributed by atoms with Crippen molar-refractivity contribution in [3.8, 4) is 0 Å². The topological polar surface area (TPSA) is 12.9 Å². The van der Waals surface area contributed by atoms with E-state index in [1.54, 1.807) is 24.0 Å². The molecule has 0 aliphatic heterocycles. The molecule has 4 heteroatoms. The molecule has 0 spiro atoms. The highest BCUT2D eigenvalue weighted by Gasteiger charge is 2.02. The second-order valence-electron chi connectivity index (χ2n) is 3.19. The van der Waals surface area contributed by atoms with Gasteiger partial charge in [0.1, 0.15) is 0 Å². The van der Waals surface area contributed by atoms with Crippen molar-refractivity contribution in [1.82, 2.24) is 4.98 Å². The minimum atomic E-state index is 0.664. The first-order chi connectivity index (χ1) is 7.75. The molecule has 0 saturated heterocycles. The van der Waals surface area contributed by atoms with Gasteiger partial charge in [-0.3, -0.25) is 0 Å². The molecule has 0 bridgehead atoms. The molecule has 82 valence electrons. The van der Waals surface area contributed by atoms with E-state index in [1.807, 2.05) is 30.3 Å². The van der Waals surface area contributed by atoms with Crippen molar-refractivity contribution in [2.75, 3.05) is 0 Å². The largest absolute Gasteiger partial charge is 0.250 e. The Morgan fingerprint density at radius 2 is 2.00 bits per heavy atom. The third-order valence-electron chi connectivity index (χ3n) is 2.03. The van der Waals surface area contributed by atoms with Gasteiger partial charge in [-0.25, -0.2) is 4.98 Å². The number of benzene rings is 1. The monoisotopic (exact) mass is 269 g/mol. The van der Waals surface area contributed by atoms with Gasteiger partial charge in [-0.1, -0.05) is 35.3 Å². The summed E-state index contributed by atoms with van der Waals surface area (Å²) in [4.78, 5) is 4.23. The van der Waals surface area contributed by atoms with Crippen LogP contribution >= 0.6 is 35.0 Å². The summed E-state index contributed by atoms with van der Waals surface area (Å²) in [6.45, 7) is 0. The summed E-state index contributed by atoms with van der Waals surface area (Å²) in [7, 11) is 0. The summed E-state index contributed by atoms with van der Waals surface area (Å²) in [5.41, 5.74) is 1.07. The summed E-state index contributed by atoms with van der Waals surface area (Å²) in [5.74, 6) is 0.799. The number of pyridine rings is 1. The fraction of sp³-hybridized carbons (Fsp3) is 0.0833. The molecule has 1 aromatic heterocycles. The number of hydrogen-bond donors (Lipinski definition) is 0. The first-order valence-corrected chi connectivity index (χ1v) is 6.47. The van der Waals surface area contributed by atoms with Crippen LogP contribution in [-0.2, 0) is 5.75 Å². The van der Waals surface area contributed by atoms with Crippen molar-refractivity contribution < 1.29 is 0 Å². The van der Waals surface area contributed by atoms with Crippen molar-refractivity contribution >= 4 is 35.0 Å². The molecule has 2 aromatic rings. The molecule has 0 N–H and O–H groups in total. The molecule has 2 rings (SSSR count). The van der Waals surface area contributed by atoms with Crippen molar-refractivity contribution in [2.24, 2.45) is 0 Å². The molecular weight excluding hydrogens is 261 g/mol. The minimum absolute atomic E-state index is 0.664. The van der Waals surface area contributed by atoms with E-state index in [9.17, 15) is 0 Å². The van der Waals surface area contributed by atoms with Crippen molar-refractivity contribution in [2.45, 2.75) is 10.8 Å². The maximum Gasteiger partial charge on any atom is 0.0963 e. The third-order valence-corrected chi connectivity index (χ3v) is 3.61. The fourth-order valence-electron chi connectivity index (χ4n) is 1.22. The fourth-order valence-corrected chi connectivity index (χ4v) is 2.64. The number of nitrogens with zero attached hydrogens (tertiary/aromatic N) is 1. The SMILES string of the molecule is Clc1ccc(CSc2ccccn2)c(Cl)c1. The predicted molar refractivity (Wildman–Crippen MR) is 70.3 cm³/mol. The van der Waals surface area contributed by atoms with Gasteiger partial charge in [0.15, 0.2) is 0 Å². The lowest BCUT2D eigenvalue weighted by Gasteiger charge is -2.04. The molecule has 16 heavy (non-hydrogen) atoms. The average molecular weight is 270 g/mol. The number of thioether (sulfide) groups is 1. The minimum Gasteiger partial charge on any atom is -0.250 e. The first kappa shape index (κ1) is 11.8. The second-order valence-corrected chi connectivity index (χ2v) is 5.03. The summed E-state index contributed by atoms with van der Waals surface area (Å²) in [6, 6.07) is 11.4. The van der Waals surface area contributed by atoms with Crippen LogP contribution in [0.25, 0.3) is 0 Å². The van der Waals surface area contributed by atoms with Crippen LogP contribution in [0.1, 0.15) is 5.56 Å². The van der Waals surface area contributed by atoms with E-state index < -0.39 is 0 Å². The highest BCUT2D eigenvalue weighted by Crippen LogP contribution is 2.27. The molecule has 0 fully saturated rings. The molecule has 0 aliphatic rings. The number of aromatic nitrogens is 1. The Hall–Kier alpha value is -0.700. The van der Waals surface area contributed by atoms with Gasteiger partial charge in [0.25, 0.3) is 0 Å². The van der Waals surface area contributed by atoms with Gasteiger partial charge in [-0.2, -0.15) is 0 Å². The molecule has 0 radical (unpaired) electrons. The van der Waals surface area contributed by atoms with Crippen LogP contribution in [0.5, 0.6) is 0 Å². The zero-order chi connectivity index (χ0) is 11.4. The zero-order valence-corrected chi connectivity index (χ0v) is 10.7. The van der Waals surface area contributed by atoms with Gasteiger partial charge >= 0.3 is 0 Å². The second kappa shape index (κ2) is 5.58. The quantitative estimate of drug-likeness (QED) is 0.751. The Labute approximate surface area is 109 Å². The third kappa shape index (κ3) is 3.14. The van der Waals surface area contributed by atoms with E-state index in [4.69, 9.17) is 23.2 Å². The summed E-state index contributed by atoms with van der Waals surface area (Å²) in [5, 5.41) is 2.36. The molecular formula is C12H9Cl2NS. The number of rotatable bonds is 3. The van der Waals surface area contributed by atoms with E-state index in [-0.39, 0.29) is 0 Å². The molecule has 1 heterocycles. The Bertz CT molecular complexity index is 474. The standard InChI is InChI=1S/C12H9Cl2NS/c13-10-5-4-9(11(14)7-10)8-16-12-3-1-2-6-15-12/h1-7H,8H2. The van der Waals surface area contributed by atoms with Crippen molar-refractivity contribution in [3.05, 3.63) is 58.2 Å². The van der Waals surface area contributed by atoms with Crippen LogP contribution in [0, 0.1) is 0 Å². The van der Waals surface area contributed by atoms with Gasteiger partial charge in [0.2, 0.25) is 0 Å². The predicted octanol–water partition coefficient (Wildman–Crippen LogP) is 4.68. The Kier molecular flexibility index (Phi) is 4.10. The van der Waals surface area contributed by atoms with Crippen LogP contribution in [0.3, 0.4) is 0 Å². The normalized spacial score (nSPS) is 10.4. The molecule has 1 nitrogen and oxygen atoms in total. The Morgan fingerprint density at radius 1 is 1.12 bits per heavy atom. The molecule has 0 saturated carbocycles. The lowest BCUT2D eigenvalue weighted by Crippen LogP contribution is -1.84. The molecule has 0 atom stereocenters. The van der Waals surface area contributed by atoms with Crippen LogP contribution in [0.4, 0.5) is 0 Å². The molecule has 0 aliphatic carbocycles. The van der Waals surface area contributed by atoms with Crippen LogP contribution in [-0.4, -0.2) is 4.98 Å². The Balaban J connectivity index is 2.05. The van der Waals surface area contributed by atoms with E-state index in [1.165, 1.54) is 0 Å². The molecule has 0 amide bonds. The van der Waals surface area contributed by atoms with Crippen LogP contribution in [0.2, 0.25) is 10.0 Å². The summed E-state index contributed by atoms with van der Waals surface area (Å²) in [6.07, 6.45) is 1.78. The summed E-state index contributed by atoms with van der Waals surface area (Å²) >= 11 is 13.6. The van der Waals surface area contributed by atoms with Gasteiger partial charge in [-0.05, 0) is 29.8 Å². The van der Waals surface area contributed by atoms with E-state index in [0.29, 0.717) is 10.0 Å². The Morgan fingerprint density at radius 3 is 2.69 bits per heavy atom. The zero-order valence-electron chi connectivity index (χ0n) is 8.36. The van der Waals surface area contributed by atoms with Gasteiger partial charge < -0.3 is 0 Å². The van der Waals surface area contributed by atoms with Gasteiger partial charge in [0, 0.05) is 22.0 Å². The molecule has 0 unspecified atom stereocenters. The van der Waals surface area contributed by atoms with Gasteiger partial charge in [0.05, 0.1) is 5.03 Å². The van der Waals surface area contributed by atoms with E-state index in [2.05, 4.69) is 4.98 Å². The van der Waals surface area contributed by atoms with Crippen molar-refractivity contribution in [3.63, 3.8) is 0 Å². The van der Waals surface area contributed by atoms with Gasteiger partial charge in [-0.15, -0.1) is 11.8 Å². The first-order valence-electron chi connectivity index (χ1n) is 4.73. The van der Waals surface area contributed by atoms with Crippen LogP contribution in [0.15, 0.2) is 47.6 Å². The number of hydrogen-bond acceptors (Lipinski definition) is 2. The maximum atomic E-state index is 6.08. The lowest BCUT2D eigenvalue weighted by molar-refractivity contribution is 1.13. The van der Waals surface area contributed by atoms with E-state index >= 15 is 0 Å². The van der Waals surface area contributed by atoms with E-state index in [0.717, 1.165) is 16.3 Å². The van der Waals surface area contributed by atoms with Crippen LogP contribution < -0.4 is 0 Å². The van der Waals surface area contributed by atoms with Crippen molar-refractivity contribution in [1.29, 1.82) is 0 Å². The number of halogens is 2. The highest BCUT2D eigenvalue weighted by molar-refractivity contribution is 7.98. The molecule has 1 aromatic carbocycles.